The van der Waals surface area contributed by atoms with Crippen LogP contribution in [0.3, 0.4) is 0 Å². The highest BCUT2D eigenvalue weighted by Crippen LogP contribution is 2.36. The van der Waals surface area contributed by atoms with Crippen molar-refractivity contribution >= 4 is 17.7 Å². The van der Waals surface area contributed by atoms with Crippen molar-refractivity contribution in [3.63, 3.8) is 0 Å². The smallest absolute Gasteiger partial charge is 0.0409 e. The summed E-state index contributed by atoms with van der Waals surface area (Å²) in [7, 11) is 0. The molecule has 0 fully saturated rings. The Labute approximate surface area is 105 Å². The van der Waals surface area contributed by atoms with E-state index in [2.05, 4.69) is 38.1 Å². The Bertz CT molecular complexity index is 348. The average Bonchev–Trinajstić information content (AvgIpc) is 2.61. The Morgan fingerprint density at radius 3 is 2.12 bits per heavy atom. The van der Waals surface area contributed by atoms with E-state index in [1.54, 1.807) is 0 Å². The molecule has 0 spiro atoms. The molecule has 0 saturated carbocycles. The SMILES string of the molecule is CC.CC.CC1(C)C=Cc2ccc(Cl)cc21. The van der Waals surface area contributed by atoms with Crippen molar-refractivity contribution in [3.05, 3.63) is 40.4 Å². The van der Waals surface area contributed by atoms with E-state index in [4.69, 9.17) is 11.6 Å². The highest BCUT2D eigenvalue weighted by molar-refractivity contribution is 6.30. The van der Waals surface area contributed by atoms with Crippen LogP contribution >= 0.6 is 11.6 Å². The molecule has 90 valence electrons. The molecule has 0 atom stereocenters. The zero-order valence-electron chi connectivity index (χ0n) is 11.3. The van der Waals surface area contributed by atoms with Crippen molar-refractivity contribution in [2.75, 3.05) is 0 Å². The van der Waals surface area contributed by atoms with Gasteiger partial charge in [-0.3, -0.25) is 0 Å². The van der Waals surface area contributed by atoms with Crippen LogP contribution in [-0.2, 0) is 5.41 Å². The number of benzene rings is 1. The fourth-order valence-corrected chi connectivity index (χ4v) is 1.79. The van der Waals surface area contributed by atoms with Gasteiger partial charge in [0.1, 0.15) is 0 Å². The molecule has 0 radical (unpaired) electrons. The molecule has 0 saturated heterocycles. The number of hydrogen-bond donors (Lipinski definition) is 0. The molecule has 0 aliphatic heterocycles. The summed E-state index contributed by atoms with van der Waals surface area (Å²) >= 11 is 5.92. The van der Waals surface area contributed by atoms with Crippen molar-refractivity contribution < 1.29 is 0 Å². The van der Waals surface area contributed by atoms with Gasteiger partial charge in [0.2, 0.25) is 0 Å². The Balaban J connectivity index is 0.000000509. The molecule has 1 aromatic carbocycles. The summed E-state index contributed by atoms with van der Waals surface area (Å²) in [4.78, 5) is 0. The van der Waals surface area contributed by atoms with Gasteiger partial charge in [0.15, 0.2) is 0 Å². The van der Waals surface area contributed by atoms with Gasteiger partial charge in [-0.05, 0) is 23.3 Å². The third-order valence-corrected chi connectivity index (χ3v) is 2.62. The molecule has 0 bridgehead atoms. The summed E-state index contributed by atoms with van der Waals surface area (Å²) in [5.74, 6) is 0. The first-order valence-electron chi connectivity index (χ1n) is 6.09. The lowest BCUT2D eigenvalue weighted by Gasteiger charge is -2.17. The maximum atomic E-state index is 5.92. The van der Waals surface area contributed by atoms with Crippen LogP contribution in [0.15, 0.2) is 24.3 Å². The molecule has 0 amide bonds. The van der Waals surface area contributed by atoms with Gasteiger partial charge < -0.3 is 0 Å². The number of hydrogen-bond acceptors (Lipinski definition) is 0. The summed E-state index contributed by atoms with van der Waals surface area (Å²) in [6.45, 7) is 12.4. The van der Waals surface area contributed by atoms with Crippen molar-refractivity contribution in [2.45, 2.75) is 47.0 Å². The molecule has 0 unspecified atom stereocenters. The molecule has 0 heterocycles. The predicted octanol–water partition coefficient (Wildman–Crippen LogP) is 5.70. The number of fused-ring (bicyclic) bond motifs is 1. The molecule has 0 nitrogen and oxygen atoms in total. The Morgan fingerprint density at radius 1 is 1.00 bits per heavy atom. The standard InChI is InChI=1S/C11H11Cl.2C2H6/c1-11(2)6-5-8-3-4-9(12)7-10(8)11;2*1-2/h3-7H,1-2H3;2*1-2H3. The van der Waals surface area contributed by atoms with Gasteiger partial charge in [0.05, 0.1) is 0 Å². The maximum Gasteiger partial charge on any atom is 0.0409 e. The fourth-order valence-electron chi connectivity index (χ4n) is 1.62. The lowest BCUT2D eigenvalue weighted by atomic mass is 9.87. The molecule has 1 heteroatoms. The van der Waals surface area contributed by atoms with Gasteiger partial charge in [-0.1, -0.05) is 71.4 Å². The molecule has 1 aromatic rings. The van der Waals surface area contributed by atoms with Crippen LogP contribution in [0.2, 0.25) is 5.02 Å². The minimum atomic E-state index is 0.153. The van der Waals surface area contributed by atoms with Crippen LogP contribution in [0.1, 0.15) is 52.7 Å². The zero-order valence-corrected chi connectivity index (χ0v) is 12.0. The van der Waals surface area contributed by atoms with Gasteiger partial charge in [-0.25, -0.2) is 0 Å². The minimum absolute atomic E-state index is 0.153. The monoisotopic (exact) mass is 238 g/mol. The molecule has 0 N–H and O–H groups in total. The lowest BCUT2D eigenvalue weighted by Crippen LogP contribution is -2.10. The van der Waals surface area contributed by atoms with Crippen LogP contribution in [0.25, 0.3) is 6.08 Å². The highest BCUT2D eigenvalue weighted by Gasteiger charge is 2.24. The van der Waals surface area contributed by atoms with Crippen molar-refractivity contribution in [2.24, 2.45) is 0 Å². The van der Waals surface area contributed by atoms with E-state index in [0.29, 0.717) is 0 Å². The quantitative estimate of drug-likeness (QED) is 0.544. The summed E-state index contributed by atoms with van der Waals surface area (Å²) in [6, 6.07) is 6.06. The Hall–Kier alpha value is -0.750. The largest absolute Gasteiger partial charge is 0.0843 e. The van der Waals surface area contributed by atoms with E-state index >= 15 is 0 Å². The maximum absolute atomic E-state index is 5.92. The molecular weight excluding hydrogens is 216 g/mol. The number of rotatable bonds is 0. The van der Waals surface area contributed by atoms with E-state index in [0.717, 1.165) is 5.02 Å². The first-order chi connectivity index (χ1) is 7.59. The van der Waals surface area contributed by atoms with Crippen LogP contribution in [0.4, 0.5) is 0 Å². The second-order valence-corrected chi connectivity index (χ2v) is 4.22. The van der Waals surface area contributed by atoms with E-state index in [9.17, 15) is 0 Å². The third kappa shape index (κ3) is 3.38. The summed E-state index contributed by atoms with van der Waals surface area (Å²) in [5, 5.41) is 0.825. The van der Waals surface area contributed by atoms with Gasteiger partial charge in [-0.15, -0.1) is 0 Å². The number of halogens is 1. The van der Waals surface area contributed by atoms with Crippen LogP contribution in [0, 0.1) is 0 Å². The summed E-state index contributed by atoms with van der Waals surface area (Å²) < 4.78 is 0. The summed E-state index contributed by atoms with van der Waals surface area (Å²) in [6.07, 6.45) is 4.37. The minimum Gasteiger partial charge on any atom is -0.0843 e. The second-order valence-electron chi connectivity index (χ2n) is 3.79. The van der Waals surface area contributed by atoms with E-state index in [1.807, 2.05) is 33.8 Å². The van der Waals surface area contributed by atoms with E-state index in [-0.39, 0.29) is 5.41 Å². The lowest BCUT2D eigenvalue weighted by molar-refractivity contribution is 0.683. The average molecular weight is 239 g/mol. The van der Waals surface area contributed by atoms with Crippen molar-refractivity contribution in [1.29, 1.82) is 0 Å². The normalized spacial score (nSPS) is 14.2. The zero-order chi connectivity index (χ0) is 12.8. The van der Waals surface area contributed by atoms with Crippen LogP contribution < -0.4 is 0 Å². The third-order valence-electron chi connectivity index (χ3n) is 2.39. The second kappa shape index (κ2) is 6.75. The molecule has 0 aromatic heterocycles. The first-order valence-corrected chi connectivity index (χ1v) is 6.47. The molecule has 2 rings (SSSR count). The molecule has 1 aliphatic carbocycles. The van der Waals surface area contributed by atoms with Gasteiger partial charge in [0, 0.05) is 10.4 Å². The van der Waals surface area contributed by atoms with Crippen molar-refractivity contribution in [3.8, 4) is 0 Å². The number of allylic oxidation sites excluding steroid dienone is 1. The first kappa shape index (κ1) is 15.2. The van der Waals surface area contributed by atoms with Gasteiger partial charge >= 0.3 is 0 Å². The Kier molecular flexibility index (Phi) is 6.43. The predicted molar refractivity (Wildman–Crippen MR) is 76.2 cm³/mol. The highest BCUT2D eigenvalue weighted by atomic mass is 35.5. The van der Waals surface area contributed by atoms with Crippen LogP contribution in [-0.4, -0.2) is 0 Å². The molecule has 1 aliphatic rings. The topological polar surface area (TPSA) is 0 Å². The molecular formula is C15H23Cl. The molecule has 16 heavy (non-hydrogen) atoms. The van der Waals surface area contributed by atoms with E-state index < -0.39 is 0 Å². The van der Waals surface area contributed by atoms with Gasteiger partial charge in [0.25, 0.3) is 0 Å². The Morgan fingerprint density at radius 2 is 1.56 bits per heavy atom. The fraction of sp³-hybridized carbons (Fsp3) is 0.467. The van der Waals surface area contributed by atoms with Crippen LogP contribution in [0.5, 0.6) is 0 Å². The van der Waals surface area contributed by atoms with E-state index in [1.165, 1.54) is 11.1 Å². The summed E-state index contributed by atoms with van der Waals surface area (Å²) in [5.41, 5.74) is 2.78. The van der Waals surface area contributed by atoms with Crippen molar-refractivity contribution in [1.82, 2.24) is 0 Å². The van der Waals surface area contributed by atoms with Gasteiger partial charge in [-0.2, -0.15) is 0 Å².